The van der Waals surface area contributed by atoms with Crippen molar-refractivity contribution in [1.82, 2.24) is 9.78 Å². The van der Waals surface area contributed by atoms with Crippen LogP contribution in [0.2, 0.25) is 5.02 Å². The Morgan fingerprint density at radius 2 is 2.24 bits per heavy atom. The van der Waals surface area contributed by atoms with Crippen LogP contribution < -0.4 is 0 Å². The van der Waals surface area contributed by atoms with E-state index in [4.69, 9.17) is 11.6 Å². The van der Waals surface area contributed by atoms with Gasteiger partial charge in [-0.05, 0) is 31.5 Å². The molecule has 4 nitrogen and oxygen atoms in total. The lowest BCUT2D eigenvalue weighted by molar-refractivity contribution is -0.138. The minimum absolute atomic E-state index is 0.319. The molecule has 0 radical (unpaired) electrons. The third kappa shape index (κ3) is 3.47. The lowest BCUT2D eigenvalue weighted by Gasteiger charge is -2.14. The third-order valence-corrected chi connectivity index (χ3v) is 4.38. The van der Waals surface area contributed by atoms with E-state index in [1.54, 1.807) is 4.68 Å². The number of aryl methyl sites for hydroxylation is 2. The Balaban J connectivity index is 2.40. The number of benzene rings is 1. The average Bonchev–Trinajstić information content (AvgIpc) is 2.71. The molecule has 0 spiro atoms. The Hall–Kier alpha value is -1.33. The van der Waals surface area contributed by atoms with Crippen molar-refractivity contribution in [2.45, 2.75) is 32.7 Å². The first-order valence-corrected chi connectivity index (χ1v) is 7.81. The van der Waals surface area contributed by atoms with Crippen LogP contribution in [0.25, 0.3) is 0 Å². The van der Waals surface area contributed by atoms with Crippen molar-refractivity contribution >= 4 is 33.5 Å². The molecular formula is C15H16BrClN2O2. The van der Waals surface area contributed by atoms with Gasteiger partial charge in [0.05, 0.1) is 22.3 Å². The minimum atomic E-state index is -0.870. The lowest BCUT2D eigenvalue weighted by Crippen LogP contribution is -2.17. The number of halogens is 2. The first kappa shape index (κ1) is 16.0. The number of carboxylic acid groups (broad SMARTS) is 1. The highest BCUT2D eigenvalue weighted by atomic mass is 79.9. The molecule has 1 N–H and O–H groups in total. The lowest BCUT2D eigenvalue weighted by atomic mass is 9.94. The predicted molar refractivity (Wildman–Crippen MR) is 85.9 cm³/mol. The van der Waals surface area contributed by atoms with E-state index in [9.17, 15) is 9.90 Å². The van der Waals surface area contributed by atoms with Gasteiger partial charge in [0, 0.05) is 17.4 Å². The van der Waals surface area contributed by atoms with Crippen LogP contribution in [0.4, 0.5) is 0 Å². The van der Waals surface area contributed by atoms with Gasteiger partial charge in [0.2, 0.25) is 0 Å². The molecule has 21 heavy (non-hydrogen) atoms. The van der Waals surface area contributed by atoms with Crippen LogP contribution in [0, 0.1) is 6.92 Å². The molecule has 0 aliphatic heterocycles. The predicted octanol–water partition coefficient (Wildman–Crippen LogP) is 4.04. The maximum Gasteiger partial charge on any atom is 0.311 e. The molecule has 2 aromatic rings. The normalized spacial score (nSPS) is 12.4. The maximum absolute atomic E-state index is 11.6. The molecule has 6 heteroatoms. The van der Waals surface area contributed by atoms with Gasteiger partial charge < -0.3 is 5.11 Å². The highest BCUT2D eigenvalue weighted by Crippen LogP contribution is 2.29. The number of aromatic nitrogens is 2. The Labute approximate surface area is 136 Å². The van der Waals surface area contributed by atoms with Gasteiger partial charge in [0.1, 0.15) is 0 Å². The summed E-state index contributed by atoms with van der Waals surface area (Å²) in [4.78, 5) is 11.6. The minimum Gasteiger partial charge on any atom is -0.481 e. The SMILES string of the molecule is CCn1nc(C)c(Cl)c1CC(C(=O)O)c1cccc(Br)c1. The fourth-order valence-corrected chi connectivity index (χ4v) is 2.96. The van der Waals surface area contributed by atoms with E-state index in [0.29, 0.717) is 18.0 Å². The van der Waals surface area contributed by atoms with Gasteiger partial charge in [0.15, 0.2) is 0 Å². The molecule has 0 saturated carbocycles. The number of nitrogens with zero attached hydrogens (tertiary/aromatic N) is 2. The van der Waals surface area contributed by atoms with E-state index in [1.807, 2.05) is 38.1 Å². The third-order valence-electron chi connectivity index (χ3n) is 3.40. The van der Waals surface area contributed by atoms with Crippen LogP contribution in [-0.4, -0.2) is 20.9 Å². The molecule has 2 rings (SSSR count). The van der Waals surface area contributed by atoms with E-state index >= 15 is 0 Å². The molecule has 0 amide bonds. The van der Waals surface area contributed by atoms with Crippen LogP contribution in [-0.2, 0) is 17.8 Å². The van der Waals surface area contributed by atoms with E-state index in [1.165, 1.54) is 0 Å². The topological polar surface area (TPSA) is 55.1 Å². The molecule has 0 aliphatic rings. The van der Waals surface area contributed by atoms with Gasteiger partial charge >= 0.3 is 5.97 Å². The van der Waals surface area contributed by atoms with Gasteiger partial charge in [-0.25, -0.2) is 0 Å². The Morgan fingerprint density at radius 1 is 1.52 bits per heavy atom. The number of rotatable bonds is 5. The standard InChI is InChI=1S/C15H16BrClN2O2/c1-3-19-13(14(17)9(2)18-19)8-12(15(20)21)10-5-4-6-11(16)7-10/h4-7,12H,3,8H2,1-2H3,(H,20,21). The summed E-state index contributed by atoms with van der Waals surface area (Å²) in [5, 5.41) is 14.4. The Bertz CT molecular complexity index is 670. The van der Waals surface area contributed by atoms with Crippen molar-refractivity contribution in [3.8, 4) is 0 Å². The van der Waals surface area contributed by atoms with E-state index in [0.717, 1.165) is 21.4 Å². The van der Waals surface area contributed by atoms with Crippen molar-refractivity contribution in [1.29, 1.82) is 0 Å². The average molecular weight is 372 g/mol. The smallest absolute Gasteiger partial charge is 0.311 e. The molecule has 1 aromatic carbocycles. The molecule has 0 saturated heterocycles. The van der Waals surface area contributed by atoms with Gasteiger partial charge in [-0.3, -0.25) is 9.48 Å². The van der Waals surface area contributed by atoms with Crippen molar-refractivity contribution in [3.63, 3.8) is 0 Å². The van der Waals surface area contributed by atoms with Crippen LogP contribution in [0.3, 0.4) is 0 Å². The van der Waals surface area contributed by atoms with Crippen LogP contribution in [0.5, 0.6) is 0 Å². The molecular weight excluding hydrogens is 356 g/mol. The summed E-state index contributed by atoms with van der Waals surface area (Å²) in [7, 11) is 0. The Morgan fingerprint density at radius 3 is 2.81 bits per heavy atom. The molecule has 112 valence electrons. The van der Waals surface area contributed by atoms with Gasteiger partial charge in [-0.2, -0.15) is 5.10 Å². The van der Waals surface area contributed by atoms with Gasteiger partial charge in [0.25, 0.3) is 0 Å². The zero-order chi connectivity index (χ0) is 15.6. The number of carboxylic acids is 1. The first-order valence-electron chi connectivity index (χ1n) is 6.64. The molecule has 1 heterocycles. The summed E-state index contributed by atoms with van der Waals surface area (Å²) in [6.07, 6.45) is 0.319. The molecule has 1 aromatic heterocycles. The summed E-state index contributed by atoms with van der Waals surface area (Å²) in [5.74, 6) is -1.52. The number of hydrogen-bond donors (Lipinski definition) is 1. The number of carbonyl (C=O) groups is 1. The van der Waals surface area contributed by atoms with E-state index < -0.39 is 11.9 Å². The second kappa shape index (κ2) is 6.62. The molecule has 0 fully saturated rings. The Kier molecular flexibility index (Phi) is 5.06. The fraction of sp³-hybridized carbons (Fsp3) is 0.333. The monoisotopic (exact) mass is 370 g/mol. The summed E-state index contributed by atoms with van der Waals surface area (Å²) in [5.41, 5.74) is 2.24. The summed E-state index contributed by atoms with van der Waals surface area (Å²) in [6.45, 7) is 4.45. The molecule has 1 unspecified atom stereocenters. The quantitative estimate of drug-likeness (QED) is 0.863. The van der Waals surface area contributed by atoms with Crippen molar-refractivity contribution in [3.05, 3.63) is 50.7 Å². The molecule has 0 aliphatic carbocycles. The second-order valence-electron chi connectivity index (χ2n) is 4.81. The van der Waals surface area contributed by atoms with Crippen molar-refractivity contribution < 1.29 is 9.90 Å². The largest absolute Gasteiger partial charge is 0.481 e. The zero-order valence-corrected chi connectivity index (χ0v) is 14.1. The van der Waals surface area contributed by atoms with Crippen LogP contribution in [0.15, 0.2) is 28.7 Å². The van der Waals surface area contributed by atoms with Crippen molar-refractivity contribution in [2.24, 2.45) is 0 Å². The summed E-state index contributed by atoms with van der Waals surface area (Å²) >= 11 is 9.65. The van der Waals surface area contributed by atoms with Crippen molar-refractivity contribution in [2.75, 3.05) is 0 Å². The summed E-state index contributed by atoms with van der Waals surface area (Å²) in [6, 6.07) is 7.35. The van der Waals surface area contributed by atoms with Gasteiger partial charge in [-0.1, -0.05) is 39.7 Å². The summed E-state index contributed by atoms with van der Waals surface area (Å²) < 4.78 is 2.63. The fourth-order valence-electron chi connectivity index (χ4n) is 2.33. The molecule has 0 bridgehead atoms. The highest BCUT2D eigenvalue weighted by molar-refractivity contribution is 9.10. The van der Waals surface area contributed by atoms with E-state index in [-0.39, 0.29) is 0 Å². The maximum atomic E-state index is 11.6. The molecule has 1 atom stereocenters. The first-order chi connectivity index (χ1) is 9.93. The highest BCUT2D eigenvalue weighted by Gasteiger charge is 2.25. The number of hydrogen-bond acceptors (Lipinski definition) is 2. The van der Waals surface area contributed by atoms with Crippen LogP contribution >= 0.6 is 27.5 Å². The second-order valence-corrected chi connectivity index (χ2v) is 6.11. The number of aliphatic carboxylic acids is 1. The van der Waals surface area contributed by atoms with Crippen LogP contribution in [0.1, 0.15) is 29.8 Å². The van der Waals surface area contributed by atoms with Gasteiger partial charge in [-0.15, -0.1) is 0 Å². The van der Waals surface area contributed by atoms with E-state index in [2.05, 4.69) is 21.0 Å². The zero-order valence-electron chi connectivity index (χ0n) is 11.8.